The van der Waals surface area contributed by atoms with Crippen molar-refractivity contribution in [1.82, 2.24) is 9.78 Å². The molecular weight excluding hydrogens is 500 g/mol. The van der Waals surface area contributed by atoms with Crippen LogP contribution in [0.3, 0.4) is 0 Å². The molecule has 0 bridgehead atoms. The molecule has 9 heteroatoms. The van der Waals surface area contributed by atoms with E-state index in [1.165, 1.54) is 10.9 Å². The van der Waals surface area contributed by atoms with Gasteiger partial charge in [0.1, 0.15) is 17.9 Å². The Balaban J connectivity index is 0.000000944. The molecule has 0 amide bonds. The third-order valence-corrected chi connectivity index (χ3v) is 5.12. The summed E-state index contributed by atoms with van der Waals surface area (Å²) in [5, 5.41) is 12.3. The van der Waals surface area contributed by atoms with Crippen LogP contribution < -0.4 is 10.3 Å². The molecule has 0 saturated carbocycles. The van der Waals surface area contributed by atoms with Crippen LogP contribution in [-0.2, 0) is 22.7 Å². The number of aryl methyl sites for hydroxylation is 1. The van der Waals surface area contributed by atoms with Crippen LogP contribution in [0.4, 0.5) is 0 Å². The van der Waals surface area contributed by atoms with Gasteiger partial charge in [-0.15, -0.1) is 0 Å². The van der Waals surface area contributed by atoms with E-state index in [0.29, 0.717) is 34.1 Å². The van der Waals surface area contributed by atoms with E-state index in [1.807, 2.05) is 50.1 Å². The average Bonchev–Trinajstić information content (AvgIpc) is 2.79. The normalized spacial score (nSPS) is 9.81. The molecule has 0 atom stereocenters. The number of para-hydroxylation sites is 1. The first kappa shape index (κ1) is 27.5. The molecule has 2 aromatic carbocycles. The number of carbonyl (C=O) groups excluding carboxylic acids is 1. The van der Waals surface area contributed by atoms with E-state index in [1.54, 1.807) is 20.1 Å². The smallest absolute Gasteiger partial charge is 0.289 e. The van der Waals surface area contributed by atoms with Gasteiger partial charge >= 0.3 is 0 Å². The standard InChI is InChI=1S/C20H18BrClN2O3.C2H6O.CH2O/c1-13-6-5-9-16(22)19(13)24-20(25)18(21)17(10-23-24)27-12-15-8-4-3-7-14(15)11-26-2;1-2-3;1-2/h3-10H,11-12H2,1-2H3;3H,2H2,1H3;1H2. The van der Waals surface area contributed by atoms with Crippen LogP contribution in [0.25, 0.3) is 5.69 Å². The second-order valence-electron chi connectivity index (χ2n) is 6.25. The molecule has 7 nitrogen and oxygen atoms in total. The van der Waals surface area contributed by atoms with Gasteiger partial charge in [0.25, 0.3) is 5.56 Å². The summed E-state index contributed by atoms with van der Waals surface area (Å²) in [7, 11) is 1.65. The SMILES string of the molecule is C=O.CCO.COCc1ccccc1COc1cnn(-c2c(C)cccc2Cl)c(=O)c1Br. The van der Waals surface area contributed by atoms with Gasteiger partial charge in [0, 0.05) is 13.7 Å². The van der Waals surface area contributed by atoms with Gasteiger partial charge in [0.05, 0.1) is 23.5 Å². The van der Waals surface area contributed by atoms with Crippen molar-refractivity contribution in [3.63, 3.8) is 0 Å². The molecule has 1 aromatic heterocycles. The average molecular weight is 526 g/mol. The molecular formula is C23H26BrClN2O5. The van der Waals surface area contributed by atoms with E-state index < -0.39 is 0 Å². The number of halogens is 2. The fourth-order valence-corrected chi connectivity index (χ4v) is 3.41. The first-order valence-electron chi connectivity index (χ1n) is 9.56. The van der Waals surface area contributed by atoms with Crippen LogP contribution in [0.15, 0.2) is 57.9 Å². The van der Waals surface area contributed by atoms with Gasteiger partial charge in [-0.2, -0.15) is 9.78 Å². The number of aliphatic hydroxyl groups is 1. The van der Waals surface area contributed by atoms with Crippen molar-refractivity contribution < 1.29 is 19.4 Å². The highest BCUT2D eigenvalue weighted by atomic mass is 79.9. The van der Waals surface area contributed by atoms with E-state index in [-0.39, 0.29) is 12.2 Å². The number of hydrogen-bond acceptors (Lipinski definition) is 6. The van der Waals surface area contributed by atoms with Gasteiger partial charge in [-0.1, -0.05) is 48.0 Å². The zero-order valence-electron chi connectivity index (χ0n) is 18.2. The van der Waals surface area contributed by atoms with Crippen molar-refractivity contribution in [2.45, 2.75) is 27.1 Å². The topological polar surface area (TPSA) is 90.7 Å². The molecule has 0 aliphatic carbocycles. The largest absolute Gasteiger partial charge is 0.486 e. The molecule has 0 saturated heterocycles. The number of aliphatic hydroxyl groups excluding tert-OH is 1. The zero-order valence-corrected chi connectivity index (χ0v) is 20.5. The molecule has 1 heterocycles. The second-order valence-corrected chi connectivity index (χ2v) is 7.45. The Morgan fingerprint density at radius 1 is 1.12 bits per heavy atom. The van der Waals surface area contributed by atoms with Crippen LogP contribution in [0.1, 0.15) is 23.6 Å². The first-order chi connectivity index (χ1) is 15.4. The lowest BCUT2D eigenvalue weighted by Crippen LogP contribution is -2.23. The summed E-state index contributed by atoms with van der Waals surface area (Å²) >= 11 is 9.59. The summed E-state index contributed by atoms with van der Waals surface area (Å²) in [5.41, 5.74) is 3.09. The minimum atomic E-state index is -0.339. The number of benzene rings is 2. The number of aromatic nitrogens is 2. The Morgan fingerprint density at radius 3 is 2.28 bits per heavy atom. The van der Waals surface area contributed by atoms with E-state index >= 15 is 0 Å². The summed E-state index contributed by atoms with van der Waals surface area (Å²) in [4.78, 5) is 20.8. The highest BCUT2D eigenvalue weighted by Gasteiger charge is 2.15. The van der Waals surface area contributed by atoms with Crippen molar-refractivity contribution in [3.05, 3.63) is 85.2 Å². The highest BCUT2D eigenvalue weighted by molar-refractivity contribution is 9.10. The Kier molecular flexibility index (Phi) is 12.5. The monoisotopic (exact) mass is 524 g/mol. The summed E-state index contributed by atoms with van der Waals surface area (Å²) in [5.74, 6) is 0.369. The molecule has 32 heavy (non-hydrogen) atoms. The number of ether oxygens (including phenoxy) is 2. The summed E-state index contributed by atoms with van der Waals surface area (Å²) in [6.07, 6.45) is 1.51. The van der Waals surface area contributed by atoms with Gasteiger partial charge in [-0.05, 0) is 52.5 Å². The minimum absolute atomic E-state index is 0.250. The van der Waals surface area contributed by atoms with Crippen LogP contribution in [-0.4, -0.2) is 35.4 Å². The molecule has 0 spiro atoms. The fraction of sp³-hybridized carbons (Fsp3) is 0.261. The minimum Gasteiger partial charge on any atom is -0.486 e. The summed E-state index contributed by atoms with van der Waals surface area (Å²) in [6.45, 7) is 6.60. The predicted octanol–water partition coefficient (Wildman–Crippen LogP) is 4.50. The van der Waals surface area contributed by atoms with E-state index in [2.05, 4.69) is 21.0 Å². The third-order valence-electron chi connectivity index (χ3n) is 4.09. The molecule has 3 aromatic rings. The fourth-order valence-electron chi connectivity index (χ4n) is 2.72. The first-order valence-corrected chi connectivity index (χ1v) is 10.7. The molecule has 3 rings (SSSR count). The zero-order chi connectivity index (χ0) is 24.1. The van der Waals surface area contributed by atoms with Crippen LogP contribution in [0.5, 0.6) is 5.75 Å². The molecule has 172 valence electrons. The van der Waals surface area contributed by atoms with Crippen molar-refractivity contribution in [3.8, 4) is 11.4 Å². The number of nitrogens with zero attached hydrogens (tertiary/aromatic N) is 2. The molecule has 0 fully saturated rings. The van der Waals surface area contributed by atoms with Gasteiger partial charge in [0.15, 0.2) is 5.75 Å². The van der Waals surface area contributed by atoms with E-state index in [9.17, 15) is 4.79 Å². The molecule has 0 aliphatic rings. The van der Waals surface area contributed by atoms with Gasteiger partial charge < -0.3 is 19.4 Å². The Bertz CT molecular complexity index is 1040. The lowest BCUT2D eigenvalue weighted by molar-refractivity contribution is -0.0979. The number of carbonyl (C=O) groups is 1. The second kappa shape index (κ2) is 14.5. The summed E-state index contributed by atoms with van der Waals surface area (Å²) in [6, 6.07) is 13.3. The maximum atomic E-state index is 12.8. The molecule has 0 unspecified atom stereocenters. The van der Waals surface area contributed by atoms with Crippen LogP contribution in [0.2, 0.25) is 5.02 Å². The number of methoxy groups -OCH3 is 1. The quantitative estimate of drug-likeness (QED) is 0.510. The Morgan fingerprint density at radius 2 is 1.72 bits per heavy atom. The molecule has 1 N–H and O–H groups in total. The van der Waals surface area contributed by atoms with Crippen molar-refractivity contribution in [1.29, 1.82) is 0 Å². The van der Waals surface area contributed by atoms with Crippen molar-refractivity contribution in [2.75, 3.05) is 13.7 Å². The third kappa shape index (κ3) is 7.27. The van der Waals surface area contributed by atoms with Crippen LogP contribution >= 0.6 is 27.5 Å². The molecule has 0 aliphatic heterocycles. The van der Waals surface area contributed by atoms with Gasteiger partial charge in [0.2, 0.25) is 0 Å². The maximum Gasteiger partial charge on any atom is 0.289 e. The van der Waals surface area contributed by atoms with E-state index in [4.69, 9.17) is 31.0 Å². The Hall–Kier alpha value is -2.52. The number of rotatable bonds is 6. The maximum absolute atomic E-state index is 12.8. The lowest BCUT2D eigenvalue weighted by Gasteiger charge is -2.14. The Labute approximate surface area is 200 Å². The molecule has 0 radical (unpaired) electrons. The highest BCUT2D eigenvalue weighted by Crippen LogP contribution is 2.26. The predicted molar refractivity (Wildman–Crippen MR) is 129 cm³/mol. The van der Waals surface area contributed by atoms with Gasteiger partial charge in [-0.25, -0.2) is 0 Å². The number of hydrogen-bond donors (Lipinski definition) is 1. The van der Waals surface area contributed by atoms with E-state index in [0.717, 1.165) is 16.7 Å². The van der Waals surface area contributed by atoms with Gasteiger partial charge in [-0.3, -0.25) is 4.79 Å². The lowest BCUT2D eigenvalue weighted by atomic mass is 10.1. The summed E-state index contributed by atoms with van der Waals surface area (Å²) < 4.78 is 12.6. The van der Waals surface area contributed by atoms with Crippen molar-refractivity contribution in [2.24, 2.45) is 0 Å². The van der Waals surface area contributed by atoms with Crippen LogP contribution in [0, 0.1) is 6.92 Å². The van der Waals surface area contributed by atoms with Crippen molar-refractivity contribution >= 4 is 34.3 Å².